The lowest BCUT2D eigenvalue weighted by atomic mass is 10.2. The van der Waals surface area contributed by atoms with E-state index in [-0.39, 0.29) is 11.3 Å². The van der Waals surface area contributed by atoms with E-state index < -0.39 is 11.8 Å². The van der Waals surface area contributed by atoms with E-state index in [1.165, 1.54) is 25.8 Å². The standard InChI is InChI=1S/C12H16F2N2/c1-9-8-10(13)11(15-12(9)14)4-7-16-5-2-3-6-16/h8H,2-7H2,1H3. The van der Waals surface area contributed by atoms with Gasteiger partial charge in [0, 0.05) is 18.5 Å². The third kappa shape index (κ3) is 2.55. The Balaban J connectivity index is 2.00. The zero-order chi connectivity index (χ0) is 11.5. The lowest BCUT2D eigenvalue weighted by Crippen LogP contribution is -2.22. The van der Waals surface area contributed by atoms with Crippen molar-refractivity contribution in [2.75, 3.05) is 19.6 Å². The molecule has 2 heterocycles. The second kappa shape index (κ2) is 4.87. The van der Waals surface area contributed by atoms with Crippen molar-refractivity contribution in [1.29, 1.82) is 0 Å². The number of nitrogens with zero attached hydrogens (tertiary/aromatic N) is 2. The fourth-order valence-electron chi connectivity index (χ4n) is 2.04. The predicted molar refractivity (Wildman–Crippen MR) is 58.3 cm³/mol. The quantitative estimate of drug-likeness (QED) is 0.735. The van der Waals surface area contributed by atoms with Gasteiger partial charge in [-0.05, 0) is 38.9 Å². The highest BCUT2D eigenvalue weighted by Gasteiger charge is 2.14. The van der Waals surface area contributed by atoms with Crippen LogP contribution in [0.25, 0.3) is 0 Å². The van der Waals surface area contributed by atoms with Gasteiger partial charge in [0.1, 0.15) is 5.82 Å². The average molecular weight is 226 g/mol. The van der Waals surface area contributed by atoms with E-state index in [1.807, 2.05) is 0 Å². The van der Waals surface area contributed by atoms with Crippen molar-refractivity contribution in [3.63, 3.8) is 0 Å². The van der Waals surface area contributed by atoms with Crippen molar-refractivity contribution in [1.82, 2.24) is 9.88 Å². The normalized spacial score (nSPS) is 16.9. The topological polar surface area (TPSA) is 16.1 Å². The first-order valence-electron chi connectivity index (χ1n) is 5.70. The van der Waals surface area contributed by atoms with Gasteiger partial charge in [0.15, 0.2) is 0 Å². The Morgan fingerprint density at radius 3 is 2.69 bits per heavy atom. The third-order valence-electron chi connectivity index (χ3n) is 3.04. The minimum atomic E-state index is -0.558. The van der Waals surface area contributed by atoms with Crippen molar-refractivity contribution in [3.8, 4) is 0 Å². The van der Waals surface area contributed by atoms with Crippen LogP contribution in [-0.2, 0) is 6.42 Å². The molecule has 0 radical (unpaired) electrons. The van der Waals surface area contributed by atoms with Gasteiger partial charge in [0.2, 0.25) is 5.95 Å². The highest BCUT2D eigenvalue weighted by atomic mass is 19.1. The first-order chi connectivity index (χ1) is 7.66. The second-order valence-electron chi connectivity index (χ2n) is 4.32. The first kappa shape index (κ1) is 11.5. The molecule has 16 heavy (non-hydrogen) atoms. The molecule has 0 N–H and O–H groups in total. The van der Waals surface area contributed by atoms with E-state index in [2.05, 4.69) is 9.88 Å². The van der Waals surface area contributed by atoms with Crippen molar-refractivity contribution in [2.45, 2.75) is 26.2 Å². The monoisotopic (exact) mass is 226 g/mol. The molecular weight excluding hydrogens is 210 g/mol. The Hall–Kier alpha value is -1.03. The van der Waals surface area contributed by atoms with E-state index in [0.29, 0.717) is 6.42 Å². The molecule has 0 saturated carbocycles. The smallest absolute Gasteiger partial charge is 0.216 e. The number of hydrogen-bond donors (Lipinski definition) is 0. The lowest BCUT2D eigenvalue weighted by Gasteiger charge is -2.14. The number of rotatable bonds is 3. The van der Waals surface area contributed by atoms with Crippen LogP contribution in [0.1, 0.15) is 24.1 Å². The molecule has 1 saturated heterocycles. The molecule has 0 aliphatic carbocycles. The first-order valence-corrected chi connectivity index (χ1v) is 5.70. The summed E-state index contributed by atoms with van der Waals surface area (Å²) in [6, 6.07) is 1.22. The maximum absolute atomic E-state index is 13.5. The van der Waals surface area contributed by atoms with Crippen LogP contribution in [0.4, 0.5) is 8.78 Å². The van der Waals surface area contributed by atoms with Gasteiger partial charge >= 0.3 is 0 Å². The predicted octanol–water partition coefficient (Wildman–Crippen LogP) is 2.31. The van der Waals surface area contributed by atoms with Gasteiger partial charge in [0.25, 0.3) is 0 Å². The maximum atomic E-state index is 13.5. The minimum absolute atomic E-state index is 0.245. The lowest BCUT2D eigenvalue weighted by molar-refractivity contribution is 0.339. The van der Waals surface area contributed by atoms with Crippen LogP contribution in [-0.4, -0.2) is 29.5 Å². The Morgan fingerprint density at radius 2 is 2.00 bits per heavy atom. The summed E-state index contributed by atoms with van der Waals surface area (Å²) in [5.41, 5.74) is 0.512. The summed E-state index contributed by atoms with van der Waals surface area (Å²) in [6.45, 7) is 4.42. The van der Waals surface area contributed by atoms with E-state index in [4.69, 9.17) is 0 Å². The van der Waals surface area contributed by atoms with Gasteiger partial charge < -0.3 is 4.90 Å². The Labute approximate surface area is 94.3 Å². The van der Waals surface area contributed by atoms with E-state index in [0.717, 1.165) is 19.6 Å². The molecule has 2 nitrogen and oxygen atoms in total. The van der Waals surface area contributed by atoms with Crippen LogP contribution in [0.15, 0.2) is 6.07 Å². The summed E-state index contributed by atoms with van der Waals surface area (Å²) in [6.07, 6.45) is 2.90. The van der Waals surface area contributed by atoms with Gasteiger partial charge in [-0.1, -0.05) is 0 Å². The summed E-state index contributed by atoms with van der Waals surface area (Å²) >= 11 is 0. The van der Waals surface area contributed by atoms with E-state index in [1.54, 1.807) is 0 Å². The summed E-state index contributed by atoms with van der Waals surface area (Å²) in [4.78, 5) is 5.93. The molecule has 0 spiro atoms. The van der Waals surface area contributed by atoms with Crippen molar-refractivity contribution < 1.29 is 8.78 Å². The zero-order valence-corrected chi connectivity index (χ0v) is 9.47. The molecule has 0 bridgehead atoms. The van der Waals surface area contributed by atoms with Crippen LogP contribution in [0.3, 0.4) is 0 Å². The number of pyridine rings is 1. The maximum Gasteiger partial charge on any atom is 0.216 e. The van der Waals surface area contributed by atoms with Gasteiger partial charge in [-0.25, -0.2) is 9.37 Å². The number of aryl methyl sites for hydroxylation is 1. The highest BCUT2D eigenvalue weighted by Crippen LogP contribution is 2.13. The van der Waals surface area contributed by atoms with Crippen LogP contribution in [0.5, 0.6) is 0 Å². The highest BCUT2D eigenvalue weighted by molar-refractivity contribution is 5.16. The fraction of sp³-hybridized carbons (Fsp3) is 0.583. The Kier molecular flexibility index (Phi) is 3.49. The molecule has 0 aromatic carbocycles. The minimum Gasteiger partial charge on any atom is -0.303 e. The van der Waals surface area contributed by atoms with Gasteiger partial charge in [-0.2, -0.15) is 4.39 Å². The molecule has 1 fully saturated rings. The van der Waals surface area contributed by atoms with Gasteiger partial charge in [-0.3, -0.25) is 0 Å². The number of aromatic nitrogens is 1. The summed E-state index contributed by atoms with van der Waals surface area (Å²) in [7, 11) is 0. The molecule has 0 amide bonds. The summed E-state index contributed by atoms with van der Waals surface area (Å²) in [5, 5.41) is 0. The number of likely N-dealkylation sites (tertiary alicyclic amines) is 1. The average Bonchev–Trinajstić information content (AvgIpc) is 2.74. The Morgan fingerprint density at radius 1 is 1.31 bits per heavy atom. The van der Waals surface area contributed by atoms with E-state index >= 15 is 0 Å². The summed E-state index contributed by atoms with van der Waals surface area (Å²) < 4.78 is 26.6. The van der Waals surface area contributed by atoms with Crippen LogP contribution < -0.4 is 0 Å². The third-order valence-corrected chi connectivity index (χ3v) is 3.04. The molecule has 0 atom stereocenters. The molecule has 1 aromatic rings. The van der Waals surface area contributed by atoms with Crippen LogP contribution in [0, 0.1) is 18.7 Å². The second-order valence-corrected chi connectivity index (χ2v) is 4.32. The largest absolute Gasteiger partial charge is 0.303 e. The van der Waals surface area contributed by atoms with Gasteiger partial charge in [-0.15, -0.1) is 0 Å². The molecular formula is C12H16F2N2. The molecule has 1 aliphatic heterocycles. The zero-order valence-electron chi connectivity index (χ0n) is 9.47. The summed E-state index contributed by atoms with van der Waals surface area (Å²) in [5.74, 6) is -0.948. The molecule has 1 aromatic heterocycles. The SMILES string of the molecule is Cc1cc(F)c(CCN2CCCC2)nc1F. The van der Waals surface area contributed by atoms with Crippen molar-refractivity contribution >= 4 is 0 Å². The number of hydrogen-bond acceptors (Lipinski definition) is 2. The fourth-order valence-corrected chi connectivity index (χ4v) is 2.04. The molecule has 1 aliphatic rings. The van der Waals surface area contributed by atoms with E-state index in [9.17, 15) is 8.78 Å². The number of halogens is 2. The Bertz CT molecular complexity index is 374. The molecule has 4 heteroatoms. The van der Waals surface area contributed by atoms with Crippen LogP contribution >= 0.6 is 0 Å². The molecule has 2 rings (SSSR count). The van der Waals surface area contributed by atoms with Crippen molar-refractivity contribution in [2.24, 2.45) is 0 Å². The van der Waals surface area contributed by atoms with Gasteiger partial charge in [0.05, 0.1) is 5.69 Å². The molecule has 88 valence electrons. The van der Waals surface area contributed by atoms with Crippen LogP contribution in [0.2, 0.25) is 0 Å². The molecule has 0 unspecified atom stereocenters. The van der Waals surface area contributed by atoms with Crippen molar-refractivity contribution in [3.05, 3.63) is 29.1 Å².